The predicted molar refractivity (Wildman–Crippen MR) is 109 cm³/mol. The zero-order valence-electron chi connectivity index (χ0n) is 15.4. The number of benzene rings is 2. The van der Waals surface area contributed by atoms with Crippen LogP contribution in [0.15, 0.2) is 35.1 Å². The molecule has 31 heavy (non-hydrogen) atoms. The average molecular weight is 526 g/mol. The summed E-state index contributed by atoms with van der Waals surface area (Å²) in [7, 11) is 0. The maximum Gasteiger partial charge on any atom is 0.406 e. The van der Waals surface area contributed by atoms with Gasteiger partial charge in [0.15, 0.2) is 5.82 Å². The molecule has 7 nitrogen and oxygen atoms in total. The van der Waals surface area contributed by atoms with Crippen LogP contribution < -0.4 is 10.8 Å². The fourth-order valence-corrected chi connectivity index (χ4v) is 3.44. The van der Waals surface area contributed by atoms with E-state index in [1.165, 1.54) is 12.1 Å². The van der Waals surface area contributed by atoms with Gasteiger partial charge in [0, 0.05) is 4.47 Å². The van der Waals surface area contributed by atoms with E-state index in [1.54, 1.807) is 6.07 Å². The van der Waals surface area contributed by atoms with Gasteiger partial charge in [-0.25, -0.2) is 14.9 Å². The van der Waals surface area contributed by atoms with Gasteiger partial charge in [-0.3, -0.25) is 9.63 Å². The lowest BCUT2D eigenvalue weighted by atomic mass is 10.1. The van der Waals surface area contributed by atoms with Gasteiger partial charge in [-0.2, -0.15) is 13.2 Å². The van der Waals surface area contributed by atoms with Crippen molar-refractivity contribution in [3.8, 4) is 0 Å². The number of aliphatic hydroxyl groups excluding tert-OH is 1. The molecule has 0 fully saturated rings. The summed E-state index contributed by atoms with van der Waals surface area (Å²) in [6, 6.07) is 5.72. The largest absolute Gasteiger partial charge is 0.406 e. The van der Waals surface area contributed by atoms with Gasteiger partial charge in [0.2, 0.25) is 0 Å². The fourth-order valence-electron chi connectivity index (χ4n) is 2.72. The SMILES string of the molecule is O=C(NOCCO)c1cc2c(ncn2CC(F)(F)F)c(F)c1Nc1ccc(Br)cc1Cl. The van der Waals surface area contributed by atoms with E-state index >= 15 is 4.39 Å². The zero-order valence-corrected chi connectivity index (χ0v) is 17.8. The number of aromatic nitrogens is 2. The second kappa shape index (κ2) is 9.39. The third kappa shape index (κ3) is 5.45. The molecule has 0 spiro atoms. The van der Waals surface area contributed by atoms with E-state index in [1.807, 2.05) is 5.48 Å². The Kier molecular flexibility index (Phi) is 7.04. The summed E-state index contributed by atoms with van der Waals surface area (Å²) < 4.78 is 55.2. The van der Waals surface area contributed by atoms with Crippen molar-refractivity contribution in [2.75, 3.05) is 18.5 Å². The first-order valence-electron chi connectivity index (χ1n) is 8.60. The first kappa shape index (κ1) is 23.3. The molecule has 13 heteroatoms. The van der Waals surface area contributed by atoms with Crippen molar-refractivity contribution in [1.29, 1.82) is 0 Å². The number of nitrogens with zero attached hydrogens (tertiary/aromatic N) is 2. The van der Waals surface area contributed by atoms with Crippen LogP contribution in [0.4, 0.5) is 28.9 Å². The van der Waals surface area contributed by atoms with Crippen LogP contribution >= 0.6 is 27.5 Å². The van der Waals surface area contributed by atoms with E-state index in [0.29, 0.717) is 9.04 Å². The van der Waals surface area contributed by atoms with E-state index in [-0.39, 0.29) is 39.6 Å². The normalized spacial score (nSPS) is 11.7. The van der Waals surface area contributed by atoms with Crippen LogP contribution in [-0.2, 0) is 11.4 Å². The minimum Gasteiger partial charge on any atom is -0.394 e. The molecule has 1 heterocycles. The molecule has 3 aromatic rings. The van der Waals surface area contributed by atoms with E-state index in [4.69, 9.17) is 21.5 Å². The van der Waals surface area contributed by atoms with Crippen molar-refractivity contribution in [2.24, 2.45) is 0 Å². The highest BCUT2D eigenvalue weighted by molar-refractivity contribution is 9.10. The third-order valence-electron chi connectivity index (χ3n) is 4.00. The van der Waals surface area contributed by atoms with Crippen LogP contribution in [0.1, 0.15) is 10.4 Å². The van der Waals surface area contributed by atoms with Crippen molar-refractivity contribution in [3.05, 3.63) is 51.5 Å². The number of carbonyl (C=O) groups excluding carboxylic acids is 1. The van der Waals surface area contributed by atoms with Crippen molar-refractivity contribution in [2.45, 2.75) is 12.7 Å². The summed E-state index contributed by atoms with van der Waals surface area (Å²) in [5, 5.41) is 11.7. The molecule has 166 valence electrons. The minimum absolute atomic E-state index is 0.194. The molecular weight excluding hydrogens is 512 g/mol. The Morgan fingerprint density at radius 1 is 1.32 bits per heavy atom. The lowest BCUT2D eigenvalue weighted by Crippen LogP contribution is -2.26. The fraction of sp³-hybridized carbons (Fsp3) is 0.222. The quantitative estimate of drug-likeness (QED) is 0.239. The molecule has 0 atom stereocenters. The summed E-state index contributed by atoms with van der Waals surface area (Å²) >= 11 is 9.38. The first-order chi connectivity index (χ1) is 14.6. The van der Waals surface area contributed by atoms with Gasteiger partial charge in [-0.05, 0) is 24.3 Å². The van der Waals surface area contributed by atoms with Gasteiger partial charge in [-0.15, -0.1) is 0 Å². The monoisotopic (exact) mass is 524 g/mol. The second-order valence-corrected chi connectivity index (χ2v) is 7.54. The van der Waals surface area contributed by atoms with Crippen molar-refractivity contribution < 1.29 is 32.3 Å². The molecule has 3 N–H and O–H groups in total. The Morgan fingerprint density at radius 2 is 2.06 bits per heavy atom. The number of hydrogen-bond acceptors (Lipinski definition) is 5. The molecule has 1 amide bonds. The van der Waals surface area contributed by atoms with Crippen LogP contribution in [0.25, 0.3) is 11.0 Å². The summed E-state index contributed by atoms with van der Waals surface area (Å²) in [6.45, 7) is -2.06. The van der Waals surface area contributed by atoms with Gasteiger partial charge in [-0.1, -0.05) is 27.5 Å². The van der Waals surface area contributed by atoms with Gasteiger partial charge < -0.3 is 15.0 Å². The summed E-state index contributed by atoms with van der Waals surface area (Å²) in [4.78, 5) is 21.0. The number of halogens is 6. The number of rotatable bonds is 7. The number of amides is 1. The number of nitrogens with one attached hydrogen (secondary N) is 2. The van der Waals surface area contributed by atoms with Crippen LogP contribution in [0.2, 0.25) is 5.02 Å². The van der Waals surface area contributed by atoms with E-state index in [9.17, 15) is 18.0 Å². The highest BCUT2D eigenvalue weighted by Crippen LogP contribution is 2.35. The Labute approximate surface area is 186 Å². The zero-order chi connectivity index (χ0) is 22.8. The Morgan fingerprint density at radius 3 is 2.71 bits per heavy atom. The molecule has 0 unspecified atom stereocenters. The Hall–Kier alpha value is -2.41. The number of anilines is 2. The number of hydroxylamine groups is 1. The molecule has 0 aliphatic heterocycles. The van der Waals surface area contributed by atoms with Crippen LogP contribution in [-0.4, -0.2) is 40.0 Å². The molecule has 1 aromatic heterocycles. The van der Waals surface area contributed by atoms with Crippen LogP contribution in [0.5, 0.6) is 0 Å². The van der Waals surface area contributed by atoms with Gasteiger partial charge >= 0.3 is 6.18 Å². The molecule has 0 radical (unpaired) electrons. The van der Waals surface area contributed by atoms with Gasteiger partial charge in [0.1, 0.15) is 12.1 Å². The predicted octanol–water partition coefficient (Wildman–Crippen LogP) is 4.55. The number of carbonyl (C=O) groups is 1. The summed E-state index contributed by atoms with van der Waals surface area (Å²) in [5.74, 6) is -2.01. The molecule has 0 bridgehead atoms. The molecular formula is C18H14BrClF4N4O3. The minimum atomic E-state index is -4.58. The summed E-state index contributed by atoms with van der Waals surface area (Å²) in [5.41, 5.74) is 0.916. The highest BCUT2D eigenvalue weighted by Gasteiger charge is 2.30. The number of imidazole rings is 1. The Balaban J connectivity index is 2.12. The second-order valence-electron chi connectivity index (χ2n) is 6.22. The number of alkyl halides is 3. The van der Waals surface area contributed by atoms with Gasteiger partial charge in [0.05, 0.1) is 47.0 Å². The number of hydrogen-bond donors (Lipinski definition) is 3. The maximum atomic E-state index is 15.3. The van der Waals surface area contributed by atoms with E-state index in [0.717, 1.165) is 12.4 Å². The highest BCUT2D eigenvalue weighted by atomic mass is 79.9. The average Bonchev–Trinajstić information content (AvgIpc) is 3.07. The van der Waals surface area contributed by atoms with Crippen molar-refractivity contribution >= 4 is 55.8 Å². The summed E-state index contributed by atoms with van der Waals surface area (Å²) in [6.07, 6.45) is -3.75. The van der Waals surface area contributed by atoms with E-state index < -0.39 is 31.1 Å². The van der Waals surface area contributed by atoms with E-state index in [2.05, 4.69) is 26.2 Å². The third-order valence-corrected chi connectivity index (χ3v) is 4.81. The van der Waals surface area contributed by atoms with Crippen LogP contribution in [0, 0.1) is 5.82 Å². The molecule has 0 aliphatic carbocycles. The van der Waals surface area contributed by atoms with Crippen LogP contribution in [0.3, 0.4) is 0 Å². The Bertz CT molecular complexity index is 1120. The lowest BCUT2D eigenvalue weighted by Gasteiger charge is -2.16. The maximum absolute atomic E-state index is 15.3. The lowest BCUT2D eigenvalue weighted by molar-refractivity contribution is -0.139. The smallest absolute Gasteiger partial charge is 0.394 e. The molecule has 3 rings (SSSR count). The first-order valence-corrected chi connectivity index (χ1v) is 9.77. The molecule has 0 saturated heterocycles. The topological polar surface area (TPSA) is 88.4 Å². The molecule has 2 aromatic carbocycles. The van der Waals surface area contributed by atoms with Gasteiger partial charge in [0.25, 0.3) is 5.91 Å². The molecule has 0 saturated carbocycles. The number of aliphatic hydroxyl groups is 1. The number of fused-ring (bicyclic) bond motifs is 1. The standard InChI is InChI=1S/C18H14BrClF4N4O3/c19-9-1-2-12(11(20)5-9)26-15-10(17(30)27-31-4-3-29)6-13-16(14(15)21)25-8-28(13)7-18(22,23)24/h1-2,5-6,8,26,29H,3-4,7H2,(H,27,30). The van der Waals surface area contributed by atoms with Crippen molar-refractivity contribution in [3.63, 3.8) is 0 Å². The van der Waals surface area contributed by atoms with Crippen molar-refractivity contribution in [1.82, 2.24) is 15.0 Å². The molecule has 0 aliphatic rings.